The fourth-order valence-corrected chi connectivity index (χ4v) is 3.53. The summed E-state index contributed by atoms with van der Waals surface area (Å²) < 4.78 is 40.0. The van der Waals surface area contributed by atoms with Crippen molar-refractivity contribution in [3.63, 3.8) is 0 Å². The van der Waals surface area contributed by atoms with E-state index in [1.54, 1.807) is 6.07 Å². The summed E-state index contributed by atoms with van der Waals surface area (Å²) in [7, 11) is 1.45. The molecule has 1 atom stereocenters. The standard InChI is InChI=1S/C21H19F3N8O4/c1-10(33)9-32-18(35)15-16(30-17(15)31(2)20(32)36)25-8-14(34)29-13-5-3-4-12(28-13)11-6-26-19(27-7-11)21(22,23)24/h3-7,16,25,30H,8-9H2,1-2H3,(H,28,29,34)/t16-/m0/s1. The number of carbonyl (C=O) groups is 2. The Morgan fingerprint density at radius 3 is 2.50 bits per heavy atom. The van der Waals surface area contributed by atoms with Crippen LogP contribution in [0.25, 0.3) is 11.3 Å². The SMILES string of the molecule is CC(=O)Cn1c(=O)c2c(n(C)c1=O)N[C@@H]2NCC(=O)Nc1cccc(-c2cnc(C(F)(F)F)nc2)n1. The molecule has 15 heteroatoms. The molecule has 0 radical (unpaired) electrons. The van der Waals surface area contributed by atoms with E-state index in [1.807, 2.05) is 0 Å². The van der Waals surface area contributed by atoms with Crippen LogP contribution in [0.3, 0.4) is 0 Å². The molecule has 188 valence electrons. The second-order valence-corrected chi connectivity index (χ2v) is 7.90. The van der Waals surface area contributed by atoms with Gasteiger partial charge in [0, 0.05) is 25.0 Å². The van der Waals surface area contributed by atoms with Crippen molar-refractivity contribution in [3.05, 3.63) is 62.8 Å². The zero-order valence-corrected chi connectivity index (χ0v) is 18.9. The van der Waals surface area contributed by atoms with E-state index in [0.717, 1.165) is 17.0 Å². The Morgan fingerprint density at radius 2 is 1.86 bits per heavy atom. The van der Waals surface area contributed by atoms with E-state index in [2.05, 4.69) is 30.9 Å². The number of ketones is 1. The van der Waals surface area contributed by atoms with Gasteiger partial charge in [0.15, 0.2) is 0 Å². The van der Waals surface area contributed by atoms with Gasteiger partial charge in [0.1, 0.15) is 23.6 Å². The van der Waals surface area contributed by atoms with Crippen molar-refractivity contribution in [1.29, 1.82) is 0 Å². The van der Waals surface area contributed by atoms with Gasteiger partial charge in [-0.25, -0.2) is 19.7 Å². The average Bonchev–Trinajstić information content (AvgIpc) is 2.80. The fourth-order valence-electron chi connectivity index (χ4n) is 3.53. The van der Waals surface area contributed by atoms with Crippen LogP contribution in [0, 0.1) is 0 Å². The van der Waals surface area contributed by atoms with Crippen molar-refractivity contribution in [2.45, 2.75) is 25.8 Å². The highest BCUT2D eigenvalue weighted by molar-refractivity contribution is 5.91. The topological polar surface area (TPSA) is 153 Å². The van der Waals surface area contributed by atoms with Crippen molar-refractivity contribution in [2.24, 2.45) is 7.05 Å². The van der Waals surface area contributed by atoms with Crippen LogP contribution < -0.4 is 27.2 Å². The van der Waals surface area contributed by atoms with Crippen LogP contribution in [-0.2, 0) is 29.4 Å². The molecule has 0 unspecified atom stereocenters. The first-order valence-corrected chi connectivity index (χ1v) is 10.5. The molecule has 0 aliphatic carbocycles. The lowest BCUT2D eigenvalue weighted by atomic mass is 10.1. The van der Waals surface area contributed by atoms with Crippen molar-refractivity contribution in [2.75, 3.05) is 17.2 Å². The number of nitrogens with zero attached hydrogens (tertiary/aromatic N) is 5. The molecule has 1 aliphatic rings. The predicted octanol–water partition coefficient (Wildman–Crippen LogP) is 0.659. The number of halogens is 3. The minimum Gasteiger partial charge on any atom is -0.351 e. The zero-order chi connectivity index (χ0) is 26.2. The second-order valence-electron chi connectivity index (χ2n) is 7.90. The molecular formula is C21H19F3N8O4. The normalized spacial score (nSPS) is 14.4. The van der Waals surface area contributed by atoms with E-state index in [4.69, 9.17) is 0 Å². The van der Waals surface area contributed by atoms with Crippen LogP contribution in [0.4, 0.5) is 24.8 Å². The van der Waals surface area contributed by atoms with Gasteiger partial charge in [0.05, 0.1) is 24.3 Å². The smallest absolute Gasteiger partial charge is 0.351 e. The molecule has 0 saturated carbocycles. The summed E-state index contributed by atoms with van der Waals surface area (Å²) in [5.74, 6) is -1.74. The first-order valence-electron chi connectivity index (χ1n) is 10.5. The lowest BCUT2D eigenvalue weighted by Crippen LogP contribution is -2.52. The molecule has 3 aromatic rings. The summed E-state index contributed by atoms with van der Waals surface area (Å²) in [4.78, 5) is 59.6. The van der Waals surface area contributed by atoms with Gasteiger partial charge in [-0.15, -0.1) is 0 Å². The van der Waals surface area contributed by atoms with Gasteiger partial charge < -0.3 is 10.6 Å². The maximum Gasteiger partial charge on any atom is 0.451 e. The molecule has 3 N–H and O–H groups in total. The third kappa shape index (κ3) is 4.86. The minimum atomic E-state index is -4.67. The van der Waals surface area contributed by atoms with Gasteiger partial charge >= 0.3 is 11.9 Å². The van der Waals surface area contributed by atoms with Crippen molar-refractivity contribution < 1.29 is 22.8 Å². The van der Waals surface area contributed by atoms with E-state index in [9.17, 15) is 32.3 Å². The third-order valence-corrected chi connectivity index (χ3v) is 5.22. The van der Waals surface area contributed by atoms with E-state index < -0.39 is 35.3 Å². The highest BCUT2D eigenvalue weighted by Gasteiger charge is 2.35. The number of aromatic nitrogens is 5. The van der Waals surface area contributed by atoms with Crippen molar-refractivity contribution >= 4 is 23.3 Å². The van der Waals surface area contributed by atoms with E-state index in [0.29, 0.717) is 0 Å². The molecule has 12 nitrogen and oxygen atoms in total. The van der Waals surface area contributed by atoms with Crippen LogP contribution in [0.15, 0.2) is 40.2 Å². The Labute approximate surface area is 200 Å². The molecule has 0 saturated heterocycles. The Morgan fingerprint density at radius 1 is 1.17 bits per heavy atom. The average molecular weight is 504 g/mol. The summed E-state index contributed by atoms with van der Waals surface area (Å²) >= 11 is 0. The number of pyridine rings is 1. The number of fused-ring (bicyclic) bond motifs is 1. The summed E-state index contributed by atoms with van der Waals surface area (Å²) in [6.07, 6.45) is -3.43. The third-order valence-electron chi connectivity index (χ3n) is 5.22. The first kappa shape index (κ1) is 24.7. The number of carbonyl (C=O) groups excluding carboxylic acids is 2. The number of rotatable bonds is 7. The molecule has 1 amide bonds. The van der Waals surface area contributed by atoms with Crippen LogP contribution in [-0.4, -0.2) is 42.3 Å². The van der Waals surface area contributed by atoms with Gasteiger partial charge in [-0.1, -0.05) is 6.07 Å². The molecular weight excluding hydrogens is 485 g/mol. The number of alkyl halides is 3. The Hall–Kier alpha value is -4.40. The summed E-state index contributed by atoms with van der Waals surface area (Å²) in [6, 6.07) is 4.55. The van der Waals surface area contributed by atoms with Gasteiger partial charge in [0.25, 0.3) is 5.56 Å². The predicted molar refractivity (Wildman–Crippen MR) is 120 cm³/mol. The molecule has 0 spiro atoms. The van der Waals surface area contributed by atoms with Crippen molar-refractivity contribution in [1.82, 2.24) is 29.4 Å². The highest BCUT2D eigenvalue weighted by atomic mass is 19.4. The molecule has 3 aromatic heterocycles. The van der Waals surface area contributed by atoms with E-state index in [1.165, 1.54) is 30.7 Å². The lowest BCUT2D eigenvalue weighted by Gasteiger charge is -2.34. The number of hydrogen-bond acceptors (Lipinski definition) is 9. The van der Waals surface area contributed by atoms with Gasteiger partial charge in [-0.05, 0) is 19.1 Å². The molecule has 0 bridgehead atoms. The monoisotopic (exact) mass is 504 g/mol. The number of anilines is 2. The molecule has 36 heavy (non-hydrogen) atoms. The van der Waals surface area contributed by atoms with Crippen LogP contribution in [0.1, 0.15) is 24.5 Å². The van der Waals surface area contributed by atoms with Crippen molar-refractivity contribution in [3.8, 4) is 11.3 Å². The second kappa shape index (κ2) is 9.33. The number of amides is 1. The largest absolute Gasteiger partial charge is 0.451 e. The molecule has 1 aliphatic heterocycles. The van der Waals surface area contributed by atoms with Gasteiger partial charge in [0.2, 0.25) is 11.7 Å². The molecule has 0 fully saturated rings. The minimum absolute atomic E-state index is 0.132. The maximum absolute atomic E-state index is 12.7. The van der Waals surface area contributed by atoms with E-state index in [-0.39, 0.29) is 47.3 Å². The Kier molecular flexibility index (Phi) is 6.41. The summed E-state index contributed by atoms with van der Waals surface area (Å²) in [5, 5.41) is 8.27. The Balaban J connectivity index is 1.42. The molecule has 4 heterocycles. The summed E-state index contributed by atoms with van der Waals surface area (Å²) in [6.45, 7) is 0.649. The molecule has 4 rings (SSSR count). The quantitative estimate of drug-likeness (QED) is 0.421. The fraction of sp³-hybridized carbons (Fsp3) is 0.286. The van der Waals surface area contributed by atoms with Crippen LogP contribution in [0.2, 0.25) is 0 Å². The number of Topliss-reactive ketones (excluding diaryl/α,β-unsaturated/α-hetero) is 1. The summed E-state index contributed by atoms with van der Waals surface area (Å²) in [5.41, 5.74) is -0.584. The zero-order valence-electron chi connectivity index (χ0n) is 18.9. The van der Waals surface area contributed by atoms with Gasteiger partial charge in [-0.3, -0.25) is 28.8 Å². The lowest BCUT2D eigenvalue weighted by molar-refractivity contribution is -0.145. The molecule has 0 aromatic carbocycles. The Bertz CT molecular complexity index is 1460. The number of nitrogens with one attached hydrogen (secondary N) is 3. The van der Waals surface area contributed by atoms with Crippen LogP contribution in [0.5, 0.6) is 0 Å². The van der Waals surface area contributed by atoms with Crippen LogP contribution >= 0.6 is 0 Å². The number of hydrogen-bond donors (Lipinski definition) is 3. The maximum atomic E-state index is 12.7. The van der Waals surface area contributed by atoms with E-state index >= 15 is 0 Å². The first-order chi connectivity index (χ1) is 17.0. The highest BCUT2D eigenvalue weighted by Crippen LogP contribution is 2.29. The van der Waals surface area contributed by atoms with Gasteiger partial charge in [-0.2, -0.15) is 13.2 Å².